The average molecular weight is 280 g/mol. The van der Waals surface area contributed by atoms with Crippen LogP contribution in [-0.2, 0) is 10.2 Å². The Morgan fingerprint density at radius 3 is 2.26 bits per heavy atom. The van der Waals surface area contributed by atoms with Gasteiger partial charge in [-0.3, -0.25) is 4.79 Å². The van der Waals surface area contributed by atoms with E-state index in [-0.39, 0.29) is 16.9 Å². The van der Waals surface area contributed by atoms with Crippen molar-refractivity contribution in [2.75, 3.05) is 5.88 Å². The van der Waals surface area contributed by atoms with E-state index >= 15 is 0 Å². The van der Waals surface area contributed by atoms with Crippen molar-refractivity contribution in [2.45, 2.75) is 50.5 Å². The molecule has 1 fully saturated rings. The Kier molecular flexibility index (Phi) is 4.19. The normalized spacial score (nSPS) is 17.0. The summed E-state index contributed by atoms with van der Waals surface area (Å²) >= 11 is 6.07. The molecule has 0 aliphatic heterocycles. The zero-order valence-electron chi connectivity index (χ0n) is 11.7. The summed E-state index contributed by atoms with van der Waals surface area (Å²) in [5, 5.41) is 3.21. The second-order valence-corrected chi connectivity index (χ2v) is 5.79. The average Bonchev–Trinajstić information content (AvgIpc) is 3.27. The standard InChI is InChI=1S/C16H22ClNO/c1-3-15(4-2,12-17)18-14(19)16(10-11-16)13-8-6-5-7-9-13/h5-9H,3-4,10-12H2,1-2H3,(H,18,19). The monoisotopic (exact) mass is 279 g/mol. The zero-order valence-corrected chi connectivity index (χ0v) is 12.5. The minimum absolute atomic E-state index is 0.142. The van der Waals surface area contributed by atoms with E-state index < -0.39 is 0 Å². The number of carbonyl (C=O) groups excluding carboxylic acids is 1. The van der Waals surface area contributed by atoms with Crippen molar-refractivity contribution in [3.8, 4) is 0 Å². The van der Waals surface area contributed by atoms with Gasteiger partial charge in [-0.15, -0.1) is 11.6 Å². The molecule has 0 bridgehead atoms. The smallest absolute Gasteiger partial charge is 0.231 e. The molecule has 2 nitrogen and oxygen atoms in total. The third-order valence-electron chi connectivity index (χ3n) is 4.50. The molecule has 1 amide bonds. The summed E-state index contributed by atoms with van der Waals surface area (Å²) in [5.41, 5.74) is 0.564. The molecule has 104 valence electrons. The van der Waals surface area contributed by atoms with E-state index in [2.05, 4.69) is 19.2 Å². The third-order valence-corrected chi connectivity index (χ3v) is 5.01. The van der Waals surface area contributed by atoms with Crippen molar-refractivity contribution in [1.29, 1.82) is 0 Å². The van der Waals surface area contributed by atoms with Gasteiger partial charge in [-0.25, -0.2) is 0 Å². The van der Waals surface area contributed by atoms with Gasteiger partial charge < -0.3 is 5.32 Å². The summed E-state index contributed by atoms with van der Waals surface area (Å²) in [7, 11) is 0. The van der Waals surface area contributed by atoms with Gasteiger partial charge in [0.05, 0.1) is 11.0 Å². The van der Waals surface area contributed by atoms with Crippen LogP contribution in [0.25, 0.3) is 0 Å². The minimum atomic E-state index is -0.303. The number of rotatable bonds is 6. The van der Waals surface area contributed by atoms with Crippen molar-refractivity contribution in [1.82, 2.24) is 5.32 Å². The summed E-state index contributed by atoms with van der Waals surface area (Å²) < 4.78 is 0. The number of carbonyl (C=O) groups is 1. The van der Waals surface area contributed by atoms with Crippen LogP contribution in [0.2, 0.25) is 0 Å². The maximum Gasteiger partial charge on any atom is 0.231 e. The van der Waals surface area contributed by atoms with Gasteiger partial charge in [0.15, 0.2) is 0 Å². The first kappa shape index (κ1) is 14.4. The summed E-state index contributed by atoms with van der Waals surface area (Å²) in [6.45, 7) is 4.16. The van der Waals surface area contributed by atoms with E-state index in [1.807, 2.05) is 30.3 Å². The third kappa shape index (κ3) is 2.64. The zero-order chi connectivity index (χ0) is 13.9. The predicted molar refractivity (Wildman–Crippen MR) is 79.5 cm³/mol. The Bertz CT molecular complexity index is 427. The predicted octanol–water partition coefficient (Wildman–Crippen LogP) is 3.63. The van der Waals surface area contributed by atoms with E-state index in [1.165, 1.54) is 0 Å². The first-order valence-corrected chi connectivity index (χ1v) is 7.60. The molecule has 1 aromatic rings. The van der Waals surface area contributed by atoms with Gasteiger partial charge in [0.1, 0.15) is 0 Å². The fraction of sp³-hybridized carbons (Fsp3) is 0.562. The van der Waals surface area contributed by atoms with Crippen LogP contribution in [-0.4, -0.2) is 17.3 Å². The summed E-state index contributed by atoms with van der Waals surface area (Å²) in [6.07, 6.45) is 3.61. The minimum Gasteiger partial charge on any atom is -0.349 e. The number of benzene rings is 1. The molecular formula is C16H22ClNO. The Morgan fingerprint density at radius 1 is 1.26 bits per heavy atom. The molecule has 0 atom stereocenters. The van der Waals surface area contributed by atoms with Crippen LogP contribution in [0.1, 0.15) is 45.1 Å². The SMILES string of the molecule is CCC(CC)(CCl)NC(=O)C1(c2ccccc2)CC1. The lowest BCUT2D eigenvalue weighted by atomic mass is 9.90. The van der Waals surface area contributed by atoms with Crippen LogP contribution in [0.15, 0.2) is 30.3 Å². The van der Waals surface area contributed by atoms with Gasteiger partial charge in [0.2, 0.25) is 5.91 Å². The molecule has 1 aromatic carbocycles. The number of amides is 1. The quantitative estimate of drug-likeness (QED) is 0.792. The molecule has 1 aliphatic rings. The van der Waals surface area contributed by atoms with Gasteiger partial charge in [-0.1, -0.05) is 44.2 Å². The fourth-order valence-corrected chi connectivity index (χ4v) is 2.98. The van der Waals surface area contributed by atoms with E-state index in [9.17, 15) is 4.79 Å². The second-order valence-electron chi connectivity index (χ2n) is 5.52. The number of hydrogen-bond acceptors (Lipinski definition) is 1. The molecule has 0 aromatic heterocycles. The first-order valence-electron chi connectivity index (χ1n) is 7.06. The molecule has 1 N–H and O–H groups in total. The molecule has 2 rings (SSSR count). The fourth-order valence-electron chi connectivity index (χ4n) is 2.54. The van der Waals surface area contributed by atoms with Crippen LogP contribution >= 0.6 is 11.6 Å². The molecule has 1 saturated carbocycles. The second kappa shape index (κ2) is 5.54. The van der Waals surface area contributed by atoms with E-state index in [0.29, 0.717) is 5.88 Å². The molecular weight excluding hydrogens is 258 g/mol. The maximum atomic E-state index is 12.7. The van der Waals surface area contributed by atoms with E-state index in [0.717, 1.165) is 31.2 Å². The Balaban J connectivity index is 2.17. The molecule has 0 unspecified atom stereocenters. The van der Waals surface area contributed by atoms with Gasteiger partial charge in [0, 0.05) is 5.88 Å². The van der Waals surface area contributed by atoms with Gasteiger partial charge >= 0.3 is 0 Å². The summed E-state index contributed by atoms with van der Waals surface area (Å²) in [5.74, 6) is 0.611. The summed E-state index contributed by atoms with van der Waals surface area (Å²) in [6, 6.07) is 10.1. The molecule has 19 heavy (non-hydrogen) atoms. The highest BCUT2D eigenvalue weighted by atomic mass is 35.5. The Labute approximate surface area is 120 Å². The van der Waals surface area contributed by atoms with Crippen LogP contribution in [0.5, 0.6) is 0 Å². The summed E-state index contributed by atoms with van der Waals surface area (Å²) in [4.78, 5) is 12.7. The van der Waals surface area contributed by atoms with Crippen LogP contribution in [0.4, 0.5) is 0 Å². The highest BCUT2D eigenvalue weighted by molar-refractivity contribution is 6.18. The first-order chi connectivity index (χ1) is 9.12. The number of nitrogens with one attached hydrogen (secondary N) is 1. The highest BCUT2D eigenvalue weighted by Crippen LogP contribution is 2.48. The lowest BCUT2D eigenvalue weighted by Gasteiger charge is -2.32. The Hall–Kier alpha value is -1.02. The lowest BCUT2D eigenvalue weighted by Crippen LogP contribution is -2.52. The molecule has 1 aliphatic carbocycles. The van der Waals surface area contributed by atoms with Crippen LogP contribution < -0.4 is 5.32 Å². The van der Waals surface area contributed by atoms with Crippen molar-refractivity contribution in [3.05, 3.63) is 35.9 Å². The van der Waals surface area contributed by atoms with Gasteiger partial charge in [-0.2, -0.15) is 0 Å². The molecule has 0 heterocycles. The van der Waals surface area contributed by atoms with E-state index in [4.69, 9.17) is 11.6 Å². The van der Waals surface area contributed by atoms with Crippen LogP contribution in [0, 0.1) is 0 Å². The van der Waals surface area contributed by atoms with Gasteiger partial charge in [-0.05, 0) is 31.2 Å². The van der Waals surface area contributed by atoms with Crippen molar-refractivity contribution in [3.63, 3.8) is 0 Å². The molecule has 0 radical (unpaired) electrons. The molecule has 0 saturated heterocycles. The number of hydrogen-bond donors (Lipinski definition) is 1. The van der Waals surface area contributed by atoms with Gasteiger partial charge in [0.25, 0.3) is 0 Å². The largest absolute Gasteiger partial charge is 0.349 e. The van der Waals surface area contributed by atoms with Crippen molar-refractivity contribution >= 4 is 17.5 Å². The van der Waals surface area contributed by atoms with Crippen molar-refractivity contribution < 1.29 is 4.79 Å². The maximum absolute atomic E-state index is 12.7. The van der Waals surface area contributed by atoms with Crippen LogP contribution in [0.3, 0.4) is 0 Å². The lowest BCUT2D eigenvalue weighted by molar-refractivity contribution is -0.125. The Morgan fingerprint density at radius 2 is 1.84 bits per heavy atom. The van der Waals surface area contributed by atoms with Crippen molar-refractivity contribution in [2.24, 2.45) is 0 Å². The number of halogens is 1. The molecule has 0 spiro atoms. The van der Waals surface area contributed by atoms with E-state index in [1.54, 1.807) is 0 Å². The highest BCUT2D eigenvalue weighted by Gasteiger charge is 2.52. The number of alkyl halides is 1. The topological polar surface area (TPSA) is 29.1 Å². The molecule has 3 heteroatoms.